The minimum Gasteiger partial charge on any atom is -0.338 e. The van der Waals surface area contributed by atoms with Gasteiger partial charge in [-0.1, -0.05) is 31.4 Å². The van der Waals surface area contributed by atoms with E-state index >= 15 is 0 Å². The van der Waals surface area contributed by atoms with Gasteiger partial charge in [0.2, 0.25) is 0 Å². The van der Waals surface area contributed by atoms with Crippen molar-refractivity contribution < 1.29 is 4.79 Å². The summed E-state index contributed by atoms with van der Waals surface area (Å²) in [5.74, 6) is 0.676. The van der Waals surface area contributed by atoms with Crippen LogP contribution in [0.15, 0.2) is 24.3 Å². The number of carbonyl (C=O) groups is 1. The van der Waals surface area contributed by atoms with Crippen LogP contribution < -0.4 is 10.6 Å². The lowest BCUT2D eigenvalue weighted by atomic mass is 9.84. The molecular weight excluding hydrogens is 224 g/mol. The zero-order valence-corrected chi connectivity index (χ0v) is 11.0. The van der Waals surface area contributed by atoms with E-state index in [1.807, 2.05) is 19.1 Å². The molecule has 3 nitrogen and oxygen atoms in total. The van der Waals surface area contributed by atoms with Crippen LogP contribution in [0.2, 0.25) is 0 Å². The first-order chi connectivity index (χ1) is 8.79. The molecule has 1 aromatic rings. The zero-order valence-electron chi connectivity index (χ0n) is 11.0. The molecule has 0 radical (unpaired) electrons. The van der Waals surface area contributed by atoms with Gasteiger partial charge in [0.05, 0.1) is 0 Å². The minimum absolute atomic E-state index is 0.127. The number of anilines is 1. The lowest BCUT2D eigenvalue weighted by Crippen LogP contribution is -2.28. The van der Waals surface area contributed by atoms with Gasteiger partial charge in [-0.15, -0.1) is 0 Å². The molecule has 1 aliphatic rings. The van der Waals surface area contributed by atoms with E-state index in [1.54, 1.807) is 0 Å². The van der Waals surface area contributed by atoms with Gasteiger partial charge >= 0.3 is 6.03 Å². The average molecular weight is 246 g/mol. The third-order valence-corrected chi connectivity index (χ3v) is 3.56. The van der Waals surface area contributed by atoms with Crippen molar-refractivity contribution in [2.24, 2.45) is 0 Å². The Hall–Kier alpha value is -1.51. The summed E-state index contributed by atoms with van der Waals surface area (Å²) in [6, 6.07) is 8.15. The molecule has 0 aromatic heterocycles. The molecule has 2 rings (SSSR count). The van der Waals surface area contributed by atoms with Crippen molar-refractivity contribution in [1.29, 1.82) is 0 Å². The van der Waals surface area contributed by atoms with Crippen molar-refractivity contribution in [3.63, 3.8) is 0 Å². The van der Waals surface area contributed by atoms with Crippen LogP contribution >= 0.6 is 0 Å². The van der Waals surface area contributed by atoms with Crippen LogP contribution in [-0.4, -0.2) is 12.6 Å². The van der Waals surface area contributed by atoms with Gasteiger partial charge in [-0.05, 0) is 43.4 Å². The molecule has 1 fully saturated rings. The fourth-order valence-electron chi connectivity index (χ4n) is 2.64. The SMILES string of the molecule is CCNC(=O)Nc1cccc(C2CCCCC2)c1. The highest BCUT2D eigenvalue weighted by Crippen LogP contribution is 2.33. The summed E-state index contributed by atoms with van der Waals surface area (Å²) in [6.45, 7) is 2.56. The Labute approximate surface area is 109 Å². The summed E-state index contributed by atoms with van der Waals surface area (Å²) in [7, 11) is 0. The van der Waals surface area contributed by atoms with Gasteiger partial charge in [0.15, 0.2) is 0 Å². The number of benzene rings is 1. The average Bonchev–Trinajstić information content (AvgIpc) is 2.40. The first-order valence-corrected chi connectivity index (χ1v) is 6.94. The van der Waals surface area contributed by atoms with E-state index in [0.717, 1.165) is 5.69 Å². The third-order valence-electron chi connectivity index (χ3n) is 3.56. The number of carbonyl (C=O) groups excluding carboxylic acids is 1. The van der Waals surface area contributed by atoms with Gasteiger partial charge in [-0.25, -0.2) is 4.79 Å². The molecular formula is C15H22N2O. The van der Waals surface area contributed by atoms with Gasteiger partial charge in [0.25, 0.3) is 0 Å². The molecule has 1 saturated carbocycles. The molecule has 1 aliphatic carbocycles. The van der Waals surface area contributed by atoms with Gasteiger partial charge < -0.3 is 10.6 Å². The Kier molecular flexibility index (Phi) is 4.62. The first kappa shape index (κ1) is 12.9. The molecule has 0 saturated heterocycles. The maximum Gasteiger partial charge on any atom is 0.319 e. The van der Waals surface area contributed by atoms with Crippen molar-refractivity contribution in [1.82, 2.24) is 5.32 Å². The van der Waals surface area contributed by atoms with E-state index < -0.39 is 0 Å². The summed E-state index contributed by atoms with van der Waals surface area (Å²) in [4.78, 5) is 11.5. The van der Waals surface area contributed by atoms with Crippen LogP contribution in [0.5, 0.6) is 0 Å². The Bertz CT molecular complexity index is 397. The number of amides is 2. The number of nitrogens with one attached hydrogen (secondary N) is 2. The molecule has 0 spiro atoms. The fourth-order valence-corrected chi connectivity index (χ4v) is 2.64. The minimum atomic E-state index is -0.127. The normalized spacial score (nSPS) is 16.3. The van der Waals surface area contributed by atoms with Gasteiger partial charge in [0, 0.05) is 12.2 Å². The summed E-state index contributed by atoms with van der Waals surface area (Å²) < 4.78 is 0. The van der Waals surface area contributed by atoms with Crippen LogP contribution in [0.4, 0.5) is 10.5 Å². The predicted molar refractivity (Wildman–Crippen MR) is 75.0 cm³/mol. The van der Waals surface area contributed by atoms with Crippen molar-refractivity contribution in [3.05, 3.63) is 29.8 Å². The Morgan fingerprint density at radius 3 is 2.78 bits per heavy atom. The second-order valence-electron chi connectivity index (χ2n) is 4.94. The molecule has 98 valence electrons. The molecule has 0 atom stereocenters. The molecule has 0 aliphatic heterocycles. The van der Waals surface area contributed by atoms with Crippen molar-refractivity contribution in [3.8, 4) is 0 Å². The van der Waals surface area contributed by atoms with Crippen LogP contribution in [-0.2, 0) is 0 Å². The van der Waals surface area contributed by atoms with Crippen LogP contribution in [0.25, 0.3) is 0 Å². The Morgan fingerprint density at radius 1 is 1.28 bits per heavy atom. The number of hydrogen-bond acceptors (Lipinski definition) is 1. The zero-order chi connectivity index (χ0) is 12.8. The smallest absolute Gasteiger partial charge is 0.319 e. The largest absolute Gasteiger partial charge is 0.338 e. The lowest BCUT2D eigenvalue weighted by Gasteiger charge is -2.22. The summed E-state index contributed by atoms with van der Waals surface area (Å²) >= 11 is 0. The first-order valence-electron chi connectivity index (χ1n) is 6.94. The second-order valence-corrected chi connectivity index (χ2v) is 4.94. The Balaban J connectivity index is 2.02. The van der Waals surface area contributed by atoms with Crippen LogP contribution in [0, 0.1) is 0 Å². The highest BCUT2D eigenvalue weighted by molar-refractivity contribution is 5.89. The van der Waals surface area contributed by atoms with E-state index in [1.165, 1.54) is 37.7 Å². The van der Waals surface area contributed by atoms with Gasteiger partial charge in [-0.3, -0.25) is 0 Å². The van der Waals surface area contributed by atoms with Crippen molar-refractivity contribution >= 4 is 11.7 Å². The van der Waals surface area contributed by atoms with E-state index in [0.29, 0.717) is 12.5 Å². The van der Waals surface area contributed by atoms with E-state index in [4.69, 9.17) is 0 Å². The lowest BCUT2D eigenvalue weighted by molar-refractivity contribution is 0.252. The second kappa shape index (κ2) is 6.43. The predicted octanol–water partition coefficient (Wildman–Crippen LogP) is 3.88. The van der Waals surface area contributed by atoms with E-state index in [2.05, 4.69) is 22.8 Å². The summed E-state index contributed by atoms with van der Waals surface area (Å²) in [5, 5.41) is 5.62. The van der Waals surface area contributed by atoms with Gasteiger partial charge in [0.1, 0.15) is 0 Å². The molecule has 0 heterocycles. The fraction of sp³-hybridized carbons (Fsp3) is 0.533. The van der Waals surface area contributed by atoms with Gasteiger partial charge in [-0.2, -0.15) is 0 Å². The maximum atomic E-state index is 11.5. The van der Waals surface area contributed by atoms with E-state index in [9.17, 15) is 4.79 Å². The van der Waals surface area contributed by atoms with Crippen LogP contribution in [0.1, 0.15) is 50.5 Å². The van der Waals surface area contributed by atoms with Crippen molar-refractivity contribution in [2.75, 3.05) is 11.9 Å². The molecule has 18 heavy (non-hydrogen) atoms. The number of hydrogen-bond donors (Lipinski definition) is 2. The maximum absolute atomic E-state index is 11.5. The summed E-state index contributed by atoms with van der Waals surface area (Å²) in [6.07, 6.45) is 6.60. The quantitative estimate of drug-likeness (QED) is 0.835. The topological polar surface area (TPSA) is 41.1 Å². The highest BCUT2D eigenvalue weighted by atomic mass is 16.2. The third kappa shape index (κ3) is 3.49. The molecule has 2 N–H and O–H groups in total. The Morgan fingerprint density at radius 2 is 2.06 bits per heavy atom. The molecule has 1 aromatic carbocycles. The highest BCUT2D eigenvalue weighted by Gasteiger charge is 2.15. The monoisotopic (exact) mass is 246 g/mol. The standard InChI is InChI=1S/C15H22N2O/c1-2-16-15(18)17-14-10-6-9-13(11-14)12-7-4-3-5-8-12/h6,9-12H,2-5,7-8H2,1H3,(H2,16,17,18). The van der Waals surface area contributed by atoms with Crippen LogP contribution in [0.3, 0.4) is 0 Å². The molecule has 2 amide bonds. The van der Waals surface area contributed by atoms with E-state index in [-0.39, 0.29) is 6.03 Å². The molecule has 3 heteroatoms. The summed E-state index contributed by atoms with van der Waals surface area (Å²) in [5.41, 5.74) is 2.26. The number of rotatable bonds is 3. The van der Waals surface area contributed by atoms with Crippen molar-refractivity contribution in [2.45, 2.75) is 44.9 Å². The molecule has 0 bridgehead atoms. The number of urea groups is 1. The molecule has 0 unspecified atom stereocenters.